The number of aryl methyl sites for hydroxylation is 1. The molecule has 20 heavy (non-hydrogen) atoms. The Morgan fingerprint density at radius 3 is 2.90 bits per heavy atom. The van der Waals surface area contributed by atoms with Crippen molar-refractivity contribution in [1.82, 2.24) is 14.9 Å². The maximum absolute atomic E-state index is 13.3. The zero-order valence-electron chi connectivity index (χ0n) is 11.5. The van der Waals surface area contributed by atoms with Gasteiger partial charge >= 0.3 is 0 Å². The predicted octanol–water partition coefficient (Wildman–Crippen LogP) is 2.30. The SMILES string of the molecule is CNc1ncc(F)cc1C(=O)N(C)Cc1csc(C)n1. The maximum Gasteiger partial charge on any atom is 0.257 e. The number of amides is 1. The number of anilines is 1. The van der Waals surface area contributed by atoms with E-state index >= 15 is 0 Å². The number of halogens is 1. The summed E-state index contributed by atoms with van der Waals surface area (Å²) < 4.78 is 13.3. The van der Waals surface area contributed by atoms with Crippen molar-refractivity contribution in [2.75, 3.05) is 19.4 Å². The van der Waals surface area contributed by atoms with Crippen LogP contribution >= 0.6 is 11.3 Å². The topological polar surface area (TPSA) is 58.1 Å². The van der Waals surface area contributed by atoms with Crippen LogP contribution in [0.25, 0.3) is 0 Å². The van der Waals surface area contributed by atoms with Gasteiger partial charge in [-0.2, -0.15) is 0 Å². The zero-order chi connectivity index (χ0) is 14.7. The van der Waals surface area contributed by atoms with Crippen LogP contribution < -0.4 is 5.32 Å². The average Bonchev–Trinajstić information content (AvgIpc) is 2.83. The number of carbonyl (C=O) groups is 1. The van der Waals surface area contributed by atoms with Gasteiger partial charge in [0.1, 0.15) is 11.6 Å². The lowest BCUT2D eigenvalue weighted by Crippen LogP contribution is -2.27. The van der Waals surface area contributed by atoms with Crippen molar-refractivity contribution < 1.29 is 9.18 Å². The highest BCUT2D eigenvalue weighted by Crippen LogP contribution is 2.17. The van der Waals surface area contributed by atoms with E-state index in [4.69, 9.17) is 0 Å². The number of hydrogen-bond donors (Lipinski definition) is 1. The van der Waals surface area contributed by atoms with Crippen molar-refractivity contribution in [3.05, 3.63) is 39.7 Å². The van der Waals surface area contributed by atoms with Crippen LogP contribution in [0.5, 0.6) is 0 Å². The van der Waals surface area contributed by atoms with Gasteiger partial charge in [-0.3, -0.25) is 4.79 Å². The van der Waals surface area contributed by atoms with Crippen LogP contribution in [0.15, 0.2) is 17.6 Å². The van der Waals surface area contributed by atoms with E-state index < -0.39 is 5.82 Å². The highest BCUT2D eigenvalue weighted by Gasteiger charge is 2.18. The molecule has 0 saturated heterocycles. The molecule has 1 N–H and O–H groups in total. The number of nitrogens with zero attached hydrogens (tertiary/aromatic N) is 3. The van der Waals surface area contributed by atoms with Gasteiger partial charge in [-0.15, -0.1) is 11.3 Å². The fourth-order valence-electron chi connectivity index (χ4n) is 1.80. The van der Waals surface area contributed by atoms with Crippen molar-refractivity contribution >= 4 is 23.1 Å². The summed E-state index contributed by atoms with van der Waals surface area (Å²) in [6.07, 6.45) is 1.08. The number of aromatic nitrogens is 2. The Morgan fingerprint density at radius 1 is 1.55 bits per heavy atom. The fourth-order valence-corrected chi connectivity index (χ4v) is 2.41. The molecule has 0 aliphatic rings. The van der Waals surface area contributed by atoms with Crippen LogP contribution in [0.3, 0.4) is 0 Å². The fraction of sp³-hybridized carbons (Fsp3) is 0.308. The Morgan fingerprint density at radius 2 is 2.30 bits per heavy atom. The summed E-state index contributed by atoms with van der Waals surface area (Å²) in [5.74, 6) is -0.477. The van der Waals surface area contributed by atoms with Crippen molar-refractivity contribution in [3.8, 4) is 0 Å². The standard InChI is InChI=1S/C13H15FN4OS/c1-8-17-10(7-20-8)6-18(3)13(19)11-4-9(14)5-16-12(11)15-2/h4-5,7H,6H2,1-3H3,(H,15,16). The molecule has 5 nitrogen and oxygen atoms in total. The molecular formula is C13H15FN4OS. The second-order valence-electron chi connectivity index (χ2n) is 4.32. The van der Waals surface area contributed by atoms with E-state index in [1.54, 1.807) is 14.1 Å². The van der Waals surface area contributed by atoms with Crippen molar-refractivity contribution in [3.63, 3.8) is 0 Å². The molecular weight excluding hydrogens is 279 g/mol. The number of nitrogens with one attached hydrogen (secondary N) is 1. The molecule has 0 unspecified atom stereocenters. The Labute approximate surface area is 120 Å². The first-order valence-corrected chi connectivity index (χ1v) is 6.89. The first kappa shape index (κ1) is 14.4. The molecule has 106 valence electrons. The quantitative estimate of drug-likeness (QED) is 0.940. The third-order valence-electron chi connectivity index (χ3n) is 2.73. The molecule has 0 aromatic carbocycles. The van der Waals surface area contributed by atoms with E-state index in [1.807, 2.05) is 12.3 Å². The third-order valence-corrected chi connectivity index (χ3v) is 3.56. The smallest absolute Gasteiger partial charge is 0.257 e. The normalized spacial score (nSPS) is 10.4. The van der Waals surface area contributed by atoms with Gasteiger partial charge in [0.2, 0.25) is 0 Å². The van der Waals surface area contributed by atoms with E-state index in [0.29, 0.717) is 12.4 Å². The van der Waals surface area contributed by atoms with Crippen LogP contribution in [-0.4, -0.2) is 34.9 Å². The van der Waals surface area contributed by atoms with Gasteiger partial charge in [0.05, 0.1) is 29.0 Å². The minimum absolute atomic E-state index is 0.210. The Hall–Kier alpha value is -2.02. The van der Waals surface area contributed by atoms with Crippen LogP contribution in [0.2, 0.25) is 0 Å². The summed E-state index contributed by atoms with van der Waals surface area (Å²) in [6.45, 7) is 2.29. The van der Waals surface area contributed by atoms with Gasteiger partial charge in [0, 0.05) is 19.5 Å². The molecule has 0 fully saturated rings. The molecule has 0 saturated carbocycles. The number of hydrogen-bond acceptors (Lipinski definition) is 5. The third kappa shape index (κ3) is 3.11. The second kappa shape index (κ2) is 5.96. The lowest BCUT2D eigenvalue weighted by molar-refractivity contribution is 0.0783. The highest BCUT2D eigenvalue weighted by atomic mass is 32.1. The second-order valence-corrected chi connectivity index (χ2v) is 5.38. The molecule has 2 rings (SSSR count). The van der Waals surface area contributed by atoms with Gasteiger partial charge in [0.15, 0.2) is 0 Å². The van der Waals surface area contributed by atoms with E-state index in [2.05, 4.69) is 15.3 Å². The van der Waals surface area contributed by atoms with Crippen LogP contribution in [-0.2, 0) is 6.54 Å². The summed E-state index contributed by atoms with van der Waals surface area (Å²) in [4.78, 5) is 22.0. The van der Waals surface area contributed by atoms with Crippen molar-refractivity contribution in [2.24, 2.45) is 0 Å². The molecule has 2 aromatic heterocycles. The van der Waals surface area contributed by atoms with E-state index in [0.717, 1.165) is 16.9 Å². The van der Waals surface area contributed by atoms with E-state index in [-0.39, 0.29) is 11.5 Å². The molecule has 7 heteroatoms. The van der Waals surface area contributed by atoms with Gasteiger partial charge < -0.3 is 10.2 Å². The van der Waals surface area contributed by atoms with Crippen LogP contribution in [0.4, 0.5) is 10.2 Å². The summed E-state index contributed by atoms with van der Waals surface area (Å²) in [6, 6.07) is 1.18. The Bertz CT molecular complexity index is 629. The lowest BCUT2D eigenvalue weighted by Gasteiger charge is -2.17. The minimum Gasteiger partial charge on any atom is -0.372 e. The molecule has 0 spiro atoms. The van der Waals surface area contributed by atoms with Gasteiger partial charge in [-0.25, -0.2) is 14.4 Å². The first-order chi connectivity index (χ1) is 9.51. The van der Waals surface area contributed by atoms with E-state index in [9.17, 15) is 9.18 Å². The number of pyridine rings is 1. The molecule has 0 aliphatic heterocycles. The number of rotatable bonds is 4. The Kier molecular flexibility index (Phi) is 4.29. The van der Waals surface area contributed by atoms with Crippen molar-refractivity contribution in [2.45, 2.75) is 13.5 Å². The predicted molar refractivity (Wildman–Crippen MR) is 76.4 cm³/mol. The average molecular weight is 294 g/mol. The molecule has 1 amide bonds. The minimum atomic E-state index is -0.537. The van der Waals surface area contributed by atoms with Crippen LogP contribution in [0, 0.1) is 12.7 Å². The van der Waals surface area contributed by atoms with Crippen LogP contribution in [0.1, 0.15) is 21.1 Å². The Balaban J connectivity index is 2.20. The summed E-state index contributed by atoms with van der Waals surface area (Å²) in [5, 5.41) is 5.64. The monoisotopic (exact) mass is 294 g/mol. The van der Waals surface area contributed by atoms with Gasteiger partial charge in [-0.05, 0) is 13.0 Å². The zero-order valence-corrected chi connectivity index (χ0v) is 12.3. The molecule has 0 bridgehead atoms. The maximum atomic E-state index is 13.3. The molecule has 2 aromatic rings. The van der Waals surface area contributed by atoms with Gasteiger partial charge in [0.25, 0.3) is 5.91 Å². The first-order valence-electron chi connectivity index (χ1n) is 6.01. The number of carbonyl (C=O) groups excluding carboxylic acids is 1. The summed E-state index contributed by atoms with van der Waals surface area (Å²) in [5.41, 5.74) is 1.03. The number of thiazole rings is 1. The molecule has 2 heterocycles. The molecule has 0 radical (unpaired) electrons. The summed E-state index contributed by atoms with van der Waals surface area (Å²) >= 11 is 1.53. The van der Waals surface area contributed by atoms with Crippen molar-refractivity contribution in [1.29, 1.82) is 0 Å². The molecule has 0 atom stereocenters. The lowest BCUT2D eigenvalue weighted by atomic mass is 10.2. The van der Waals surface area contributed by atoms with Gasteiger partial charge in [-0.1, -0.05) is 0 Å². The molecule has 0 aliphatic carbocycles. The largest absolute Gasteiger partial charge is 0.372 e. The van der Waals surface area contributed by atoms with E-state index in [1.165, 1.54) is 22.3 Å². The summed E-state index contributed by atoms with van der Waals surface area (Å²) in [7, 11) is 3.29. The highest BCUT2D eigenvalue weighted by molar-refractivity contribution is 7.09.